The highest BCUT2D eigenvalue weighted by molar-refractivity contribution is 5.65. The van der Waals surface area contributed by atoms with Gasteiger partial charge in [-0.25, -0.2) is 4.39 Å². The van der Waals surface area contributed by atoms with Crippen LogP contribution in [0.5, 0.6) is 0 Å². The van der Waals surface area contributed by atoms with Crippen molar-refractivity contribution in [1.82, 2.24) is 0 Å². The third-order valence-electron chi connectivity index (χ3n) is 6.61. The van der Waals surface area contributed by atoms with Crippen LogP contribution in [0.4, 0.5) is 4.39 Å². The van der Waals surface area contributed by atoms with Crippen molar-refractivity contribution in [3.05, 3.63) is 95.3 Å². The number of unbranched alkanes of at least 4 members (excludes halogenated alkanes) is 1. The van der Waals surface area contributed by atoms with Gasteiger partial charge in [-0.1, -0.05) is 74.4 Å². The first-order valence-electron chi connectivity index (χ1n) is 11.7. The second-order valence-electron chi connectivity index (χ2n) is 8.82. The maximum atomic E-state index is 13.0. The zero-order valence-electron chi connectivity index (χ0n) is 18.4. The molecule has 3 aromatic carbocycles. The van der Waals surface area contributed by atoms with Crippen LogP contribution < -0.4 is 0 Å². The molecule has 0 unspecified atom stereocenters. The maximum absolute atomic E-state index is 13.0. The van der Waals surface area contributed by atoms with Crippen molar-refractivity contribution in [1.29, 1.82) is 0 Å². The van der Waals surface area contributed by atoms with Crippen molar-refractivity contribution >= 4 is 0 Å². The van der Waals surface area contributed by atoms with E-state index in [-0.39, 0.29) is 5.82 Å². The number of hydrogen-bond acceptors (Lipinski definition) is 0. The van der Waals surface area contributed by atoms with Crippen LogP contribution in [0, 0.1) is 23.6 Å². The molecule has 1 fully saturated rings. The Bertz CT molecular complexity index is 1010. The summed E-state index contributed by atoms with van der Waals surface area (Å²) < 4.78 is 13.0. The number of halogens is 1. The Hall–Kier alpha value is -2.85. The second-order valence-corrected chi connectivity index (χ2v) is 8.82. The van der Waals surface area contributed by atoms with E-state index in [1.807, 2.05) is 0 Å². The molecule has 0 spiro atoms. The molecular weight excluding hydrogens is 379 g/mol. The van der Waals surface area contributed by atoms with Crippen LogP contribution in [-0.2, 0) is 0 Å². The highest BCUT2D eigenvalue weighted by Gasteiger charge is 2.21. The van der Waals surface area contributed by atoms with Gasteiger partial charge in [-0.15, -0.1) is 0 Å². The first-order chi connectivity index (χ1) is 15.2. The van der Waals surface area contributed by atoms with Crippen molar-refractivity contribution in [2.45, 2.75) is 57.8 Å². The predicted octanol–water partition coefficient (Wildman–Crippen LogP) is 8.36. The molecule has 158 valence electrons. The van der Waals surface area contributed by atoms with E-state index >= 15 is 0 Å². The standard InChI is InChI=1S/C30H31F/c1-2-3-4-23-7-13-26(14-8-23)28-17-19-29(20-18-28)27-15-9-24(10-16-27)5-6-25-11-21-30(31)22-12-25/h9-12,15-23,26H,2-4,7-8,13-14H2,1H3. The van der Waals surface area contributed by atoms with Crippen LogP contribution in [0.1, 0.15) is 74.5 Å². The van der Waals surface area contributed by atoms with Crippen LogP contribution >= 0.6 is 0 Å². The van der Waals surface area contributed by atoms with Crippen molar-refractivity contribution in [3.63, 3.8) is 0 Å². The minimum absolute atomic E-state index is 0.236. The summed E-state index contributed by atoms with van der Waals surface area (Å²) >= 11 is 0. The fraction of sp³-hybridized carbons (Fsp3) is 0.333. The molecule has 0 aliphatic heterocycles. The van der Waals surface area contributed by atoms with Gasteiger partial charge in [-0.2, -0.15) is 0 Å². The number of benzene rings is 3. The third kappa shape index (κ3) is 5.86. The molecule has 1 aliphatic carbocycles. The van der Waals surface area contributed by atoms with Crippen LogP contribution in [0.25, 0.3) is 11.1 Å². The van der Waals surface area contributed by atoms with Gasteiger partial charge in [0.05, 0.1) is 0 Å². The zero-order valence-corrected chi connectivity index (χ0v) is 18.4. The average Bonchev–Trinajstić information content (AvgIpc) is 2.83. The summed E-state index contributed by atoms with van der Waals surface area (Å²) in [6, 6.07) is 23.8. The molecule has 0 radical (unpaired) electrons. The summed E-state index contributed by atoms with van der Waals surface area (Å²) in [6.07, 6.45) is 9.61. The van der Waals surface area contributed by atoms with Crippen molar-refractivity contribution in [3.8, 4) is 23.0 Å². The molecule has 1 heteroatoms. The van der Waals surface area contributed by atoms with Gasteiger partial charge in [0, 0.05) is 11.1 Å². The summed E-state index contributed by atoms with van der Waals surface area (Å²) in [5.41, 5.74) is 5.74. The zero-order chi connectivity index (χ0) is 21.5. The predicted molar refractivity (Wildman–Crippen MR) is 128 cm³/mol. The van der Waals surface area contributed by atoms with Gasteiger partial charge in [-0.05, 0) is 90.6 Å². The molecule has 0 atom stereocenters. The molecule has 0 bridgehead atoms. The van der Waals surface area contributed by atoms with E-state index < -0.39 is 0 Å². The SMILES string of the molecule is CCCCC1CCC(c2ccc(-c3ccc(C#Cc4ccc(F)cc4)cc3)cc2)CC1. The lowest BCUT2D eigenvalue weighted by atomic mass is 9.77. The third-order valence-corrected chi connectivity index (χ3v) is 6.61. The summed E-state index contributed by atoms with van der Waals surface area (Å²) in [6.45, 7) is 2.29. The summed E-state index contributed by atoms with van der Waals surface area (Å²) in [7, 11) is 0. The van der Waals surface area contributed by atoms with Gasteiger partial charge in [0.2, 0.25) is 0 Å². The Labute approximate surface area is 186 Å². The van der Waals surface area contributed by atoms with Crippen molar-refractivity contribution < 1.29 is 4.39 Å². The van der Waals surface area contributed by atoms with Crippen molar-refractivity contribution in [2.24, 2.45) is 5.92 Å². The average molecular weight is 411 g/mol. The molecule has 1 aliphatic rings. The Morgan fingerprint density at radius 2 is 1.23 bits per heavy atom. The topological polar surface area (TPSA) is 0 Å². The normalized spacial score (nSPS) is 18.3. The minimum Gasteiger partial charge on any atom is -0.207 e. The number of hydrogen-bond donors (Lipinski definition) is 0. The molecule has 0 amide bonds. The van der Waals surface area contributed by atoms with Crippen molar-refractivity contribution in [2.75, 3.05) is 0 Å². The van der Waals surface area contributed by atoms with E-state index in [4.69, 9.17) is 0 Å². The Morgan fingerprint density at radius 3 is 1.77 bits per heavy atom. The molecule has 0 N–H and O–H groups in total. The lowest BCUT2D eigenvalue weighted by Gasteiger charge is -2.29. The van der Waals surface area contributed by atoms with E-state index in [1.165, 1.54) is 73.8 Å². The summed E-state index contributed by atoms with van der Waals surface area (Å²) in [5, 5.41) is 0. The molecule has 0 aromatic heterocycles. The van der Waals surface area contributed by atoms with E-state index in [0.717, 1.165) is 23.0 Å². The fourth-order valence-electron chi connectivity index (χ4n) is 4.65. The lowest BCUT2D eigenvalue weighted by Crippen LogP contribution is -2.13. The largest absolute Gasteiger partial charge is 0.207 e. The molecule has 1 saturated carbocycles. The minimum atomic E-state index is -0.236. The second kappa shape index (κ2) is 10.5. The Morgan fingerprint density at radius 1 is 0.710 bits per heavy atom. The highest BCUT2D eigenvalue weighted by atomic mass is 19.1. The lowest BCUT2D eigenvalue weighted by molar-refractivity contribution is 0.304. The Balaban J connectivity index is 1.37. The van der Waals surface area contributed by atoms with Gasteiger partial charge in [0.1, 0.15) is 5.82 Å². The monoisotopic (exact) mass is 410 g/mol. The van der Waals surface area contributed by atoms with Crippen LogP contribution in [0.3, 0.4) is 0 Å². The molecule has 0 nitrogen and oxygen atoms in total. The van der Waals surface area contributed by atoms with E-state index in [1.54, 1.807) is 12.1 Å². The Kier molecular flexibility index (Phi) is 7.21. The van der Waals surface area contributed by atoms with E-state index in [0.29, 0.717) is 0 Å². The fourth-order valence-corrected chi connectivity index (χ4v) is 4.65. The van der Waals surface area contributed by atoms with E-state index in [9.17, 15) is 4.39 Å². The molecule has 4 rings (SSSR count). The summed E-state index contributed by atoms with van der Waals surface area (Å²) in [4.78, 5) is 0. The van der Waals surface area contributed by atoms with Gasteiger partial charge >= 0.3 is 0 Å². The van der Waals surface area contributed by atoms with E-state index in [2.05, 4.69) is 67.3 Å². The van der Waals surface area contributed by atoms with Gasteiger partial charge in [0.25, 0.3) is 0 Å². The first kappa shape index (κ1) is 21.4. The molecular formula is C30H31F. The molecule has 0 saturated heterocycles. The van der Waals surface area contributed by atoms with Gasteiger partial charge < -0.3 is 0 Å². The van der Waals surface area contributed by atoms with Crippen LogP contribution in [-0.4, -0.2) is 0 Å². The van der Waals surface area contributed by atoms with Gasteiger partial charge in [0.15, 0.2) is 0 Å². The molecule has 3 aromatic rings. The highest BCUT2D eigenvalue weighted by Crippen LogP contribution is 2.38. The molecule has 31 heavy (non-hydrogen) atoms. The maximum Gasteiger partial charge on any atom is 0.123 e. The van der Waals surface area contributed by atoms with Crippen LogP contribution in [0.15, 0.2) is 72.8 Å². The van der Waals surface area contributed by atoms with Crippen LogP contribution in [0.2, 0.25) is 0 Å². The summed E-state index contributed by atoms with van der Waals surface area (Å²) in [5.74, 6) is 7.70. The smallest absolute Gasteiger partial charge is 0.123 e. The number of rotatable bonds is 5. The quantitative estimate of drug-likeness (QED) is 0.371. The van der Waals surface area contributed by atoms with Gasteiger partial charge in [-0.3, -0.25) is 0 Å². The molecule has 0 heterocycles. The first-order valence-corrected chi connectivity index (χ1v) is 11.7.